The van der Waals surface area contributed by atoms with Crippen LogP contribution in [0.1, 0.15) is 83.2 Å². The number of hydrogen-bond donors (Lipinski definition) is 0. The van der Waals surface area contributed by atoms with Crippen LogP contribution < -0.4 is 0 Å². The Kier molecular flexibility index (Phi) is 12.4. The van der Waals surface area contributed by atoms with Crippen molar-refractivity contribution in [2.24, 2.45) is 0 Å². The summed E-state index contributed by atoms with van der Waals surface area (Å²) in [5.41, 5.74) is 4.00. The second-order valence-electron chi connectivity index (χ2n) is 15.1. The van der Waals surface area contributed by atoms with Crippen LogP contribution in [0.25, 0.3) is 22.2 Å². The molecule has 0 aliphatic carbocycles. The Labute approximate surface area is 296 Å². The summed E-state index contributed by atoms with van der Waals surface area (Å²) in [6, 6.07) is 11.4. The monoisotopic (exact) mass is 709 g/mol. The van der Waals surface area contributed by atoms with Gasteiger partial charge in [-0.05, 0) is 71.7 Å². The Morgan fingerprint density at radius 2 is 1.86 bits per heavy atom. The van der Waals surface area contributed by atoms with E-state index in [1.54, 1.807) is 12.5 Å². The molecule has 12 heteroatoms. The topological polar surface area (TPSA) is 111 Å². The zero-order valence-electron chi connectivity index (χ0n) is 30.7. The molecule has 268 valence electrons. The van der Waals surface area contributed by atoms with Crippen LogP contribution >= 0.6 is 0 Å². The van der Waals surface area contributed by atoms with E-state index in [2.05, 4.69) is 64.7 Å². The molecule has 1 saturated heterocycles. The highest BCUT2D eigenvalue weighted by Gasteiger charge is 2.43. The maximum atomic E-state index is 14.1. The van der Waals surface area contributed by atoms with Gasteiger partial charge in [0.15, 0.2) is 0 Å². The first-order valence-corrected chi connectivity index (χ1v) is 22.5. The van der Waals surface area contributed by atoms with E-state index in [0.29, 0.717) is 45.4 Å². The predicted molar refractivity (Wildman–Crippen MR) is 198 cm³/mol. The van der Waals surface area contributed by atoms with Gasteiger partial charge in [-0.25, -0.2) is 9.97 Å². The number of pyridine rings is 1. The van der Waals surface area contributed by atoms with Gasteiger partial charge in [0.25, 0.3) is 5.89 Å². The van der Waals surface area contributed by atoms with Gasteiger partial charge in [0.2, 0.25) is 5.79 Å². The summed E-state index contributed by atoms with van der Waals surface area (Å²) in [7, 11) is -1.28. The zero-order valence-corrected chi connectivity index (χ0v) is 32.5. The van der Waals surface area contributed by atoms with Gasteiger partial charge in [-0.1, -0.05) is 44.6 Å². The first-order chi connectivity index (χ1) is 23.3. The minimum absolute atomic E-state index is 0.177. The van der Waals surface area contributed by atoms with Gasteiger partial charge in [0.05, 0.1) is 36.8 Å². The third kappa shape index (κ3) is 9.40. The third-order valence-electron chi connectivity index (χ3n) is 8.92. The maximum absolute atomic E-state index is 14.1. The highest BCUT2D eigenvalue weighted by atomic mass is 32.2. The number of unbranched alkanes of at least 4 members (excludes halogenated alkanes) is 2. The SMILES string of the molecule is CCN([C@@H](CCCCCC1(c2ncco2)OCCO1)c1ncc(-c2ccc3nc(C)ccc3c2)n1COCC[Si](C)(C)C)[S+]([O-])C(C)(C)C. The molecule has 49 heavy (non-hydrogen) atoms. The number of rotatable bonds is 17. The van der Waals surface area contributed by atoms with Crippen LogP contribution in [0.2, 0.25) is 25.7 Å². The Morgan fingerprint density at radius 3 is 2.53 bits per heavy atom. The van der Waals surface area contributed by atoms with Gasteiger partial charge in [-0.2, -0.15) is 0 Å². The van der Waals surface area contributed by atoms with Crippen molar-refractivity contribution in [2.75, 3.05) is 26.4 Å². The smallest absolute Gasteiger partial charge is 0.255 e. The molecule has 5 rings (SSSR count). The molecule has 1 aliphatic rings. The number of imidazole rings is 1. The third-order valence-corrected chi connectivity index (χ3v) is 12.6. The van der Waals surface area contributed by atoms with Gasteiger partial charge in [0.1, 0.15) is 29.6 Å². The van der Waals surface area contributed by atoms with Crippen LogP contribution in [0.3, 0.4) is 0 Å². The van der Waals surface area contributed by atoms with E-state index in [1.807, 2.05) is 40.0 Å². The van der Waals surface area contributed by atoms with Gasteiger partial charge in [-0.15, -0.1) is 4.31 Å². The lowest BCUT2D eigenvalue weighted by molar-refractivity contribution is -0.187. The fraction of sp³-hybridized carbons (Fsp3) is 0.595. The number of oxazole rings is 1. The van der Waals surface area contributed by atoms with Gasteiger partial charge < -0.3 is 27.7 Å². The van der Waals surface area contributed by atoms with Crippen LogP contribution in [-0.2, 0) is 38.1 Å². The van der Waals surface area contributed by atoms with Crippen LogP contribution in [0, 0.1) is 6.92 Å². The Bertz CT molecular complexity index is 1630. The molecule has 10 nitrogen and oxygen atoms in total. The second kappa shape index (κ2) is 16.2. The molecule has 1 aromatic carbocycles. The molecule has 4 aromatic rings. The van der Waals surface area contributed by atoms with Gasteiger partial charge in [0, 0.05) is 55.7 Å². The van der Waals surface area contributed by atoms with Crippen molar-refractivity contribution in [3.63, 3.8) is 0 Å². The molecule has 0 N–H and O–H groups in total. The largest absolute Gasteiger partial charge is 0.597 e. The summed E-state index contributed by atoms with van der Waals surface area (Å²) < 4.78 is 42.0. The van der Waals surface area contributed by atoms with E-state index in [-0.39, 0.29) is 6.04 Å². The molecule has 0 bridgehead atoms. The van der Waals surface area contributed by atoms with Crippen molar-refractivity contribution < 1.29 is 23.2 Å². The minimum Gasteiger partial charge on any atom is -0.597 e. The summed E-state index contributed by atoms with van der Waals surface area (Å²) in [6.45, 7) is 20.0. The summed E-state index contributed by atoms with van der Waals surface area (Å²) in [4.78, 5) is 14.1. The predicted octanol–water partition coefficient (Wildman–Crippen LogP) is 8.38. The molecule has 0 saturated carbocycles. The van der Waals surface area contributed by atoms with E-state index in [1.165, 1.54) is 0 Å². The Hall–Kier alpha value is -2.58. The molecule has 1 unspecified atom stereocenters. The van der Waals surface area contributed by atoms with Crippen molar-refractivity contribution in [2.45, 2.75) is 116 Å². The highest BCUT2D eigenvalue weighted by Crippen LogP contribution is 2.38. The number of ether oxygens (including phenoxy) is 3. The molecular weight excluding hydrogens is 655 g/mol. The molecule has 0 spiro atoms. The quantitative estimate of drug-likeness (QED) is 0.0606. The maximum Gasteiger partial charge on any atom is 0.255 e. The van der Waals surface area contributed by atoms with Crippen molar-refractivity contribution >= 4 is 30.3 Å². The average Bonchev–Trinajstić information content (AvgIpc) is 3.83. The standard InChI is InChI=1S/C37H55N5O5SSi/c1-9-42(48(43)36(3,4)5)32(13-11-10-12-18-37(46-21-22-47-37)35-38-19-20-45-35)34-39-26-33(41(34)27-44-23-24-49(6,7)8)30-16-17-31-29(25-30)15-14-28(2)40-31/h14-17,19-20,25-26,32H,9-13,18,21-24,27H2,1-8H3/t32-,48?/m0/s1. The molecule has 0 amide bonds. The Balaban J connectivity index is 1.43. The Morgan fingerprint density at radius 1 is 1.08 bits per heavy atom. The van der Waals surface area contributed by atoms with E-state index >= 15 is 0 Å². The van der Waals surface area contributed by atoms with Gasteiger partial charge in [-0.3, -0.25) is 4.98 Å². The minimum atomic E-state index is -1.28. The van der Waals surface area contributed by atoms with Crippen molar-refractivity contribution in [1.29, 1.82) is 0 Å². The first kappa shape index (κ1) is 37.7. The van der Waals surface area contributed by atoms with E-state index in [0.717, 1.165) is 65.4 Å². The highest BCUT2D eigenvalue weighted by molar-refractivity contribution is 7.90. The molecule has 4 heterocycles. The summed E-state index contributed by atoms with van der Waals surface area (Å²) in [5, 5.41) is 1.08. The number of nitrogens with zero attached hydrogens (tertiary/aromatic N) is 5. The average molecular weight is 710 g/mol. The molecule has 1 aliphatic heterocycles. The summed E-state index contributed by atoms with van der Waals surface area (Å²) >= 11 is -1.25. The molecule has 2 atom stereocenters. The first-order valence-electron chi connectivity index (χ1n) is 17.7. The molecule has 0 radical (unpaired) electrons. The fourth-order valence-corrected chi connectivity index (χ4v) is 8.39. The van der Waals surface area contributed by atoms with Crippen molar-refractivity contribution in [3.05, 3.63) is 66.4 Å². The number of aromatic nitrogens is 4. The lowest BCUT2D eigenvalue weighted by Crippen LogP contribution is -2.45. The summed E-state index contributed by atoms with van der Waals surface area (Å²) in [5.74, 6) is 0.436. The van der Waals surface area contributed by atoms with E-state index in [9.17, 15) is 4.55 Å². The zero-order chi connectivity index (χ0) is 35.2. The van der Waals surface area contributed by atoms with Crippen molar-refractivity contribution in [1.82, 2.24) is 23.8 Å². The van der Waals surface area contributed by atoms with Gasteiger partial charge >= 0.3 is 0 Å². The van der Waals surface area contributed by atoms with E-state index in [4.69, 9.17) is 28.6 Å². The number of hydrogen-bond acceptors (Lipinski definition) is 9. The second-order valence-corrected chi connectivity index (χ2v) is 22.9. The van der Waals surface area contributed by atoms with E-state index < -0.39 is 30.0 Å². The lowest BCUT2D eigenvalue weighted by atomic mass is 10.0. The number of fused-ring (bicyclic) bond motifs is 1. The van der Waals surface area contributed by atoms with Crippen molar-refractivity contribution in [3.8, 4) is 11.3 Å². The summed E-state index contributed by atoms with van der Waals surface area (Å²) in [6.07, 6.45) is 9.29. The van der Waals surface area contributed by atoms with Crippen LogP contribution in [0.15, 0.2) is 53.4 Å². The van der Waals surface area contributed by atoms with Crippen LogP contribution in [0.5, 0.6) is 0 Å². The molecular formula is C37H55N5O5SSi. The normalized spacial score (nSPS) is 16.5. The van der Waals surface area contributed by atoms with Crippen LogP contribution in [-0.4, -0.2) is 67.6 Å². The lowest BCUT2D eigenvalue weighted by Gasteiger charge is -2.37. The number of benzene rings is 1. The molecule has 1 fully saturated rings. The van der Waals surface area contributed by atoms with Crippen LogP contribution in [0.4, 0.5) is 0 Å². The molecule has 3 aromatic heterocycles. The number of aryl methyl sites for hydroxylation is 1. The fourth-order valence-electron chi connectivity index (χ4n) is 6.26.